The molecule has 1 heterocycles. The third-order valence-electron chi connectivity index (χ3n) is 6.24. The van der Waals surface area contributed by atoms with Crippen LogP contribution in [0.2, 0.25) is 0 Å². The molecule has 3 aromatic carbocycles. The van der Waals surface area contributed by atoms with Gasteiger partial charge in [-0.1, -0.05) is 61.4 Å². The SMILES string of the molecule is CCCCc1cc(=O)oc2cc(C)cc(OC(=O)[C@@H](Cc3ccccc3)NS(=O)(=O)c3ccc(C)cc3)c12. The molecular formula is C30H31NO6S. The van der Waals surface area contributed by atoms with Gasteiger partial charge in [0.05, 0.1) is 10.3 Å². The van der Waals surface area contributed by atoms with Crippen LogP contribution in [0.15, 0.2) is 86.9 Å². The largest absolute Gasteiger partial charge is 0.425 e. The number of hydrogen-bond acceptors (Lipinski definition) is 6. The molecule has 1 atom stereocenters. The number of fused-ring (bicyclic) bond motifs is 1. The van der Waals surface area contributed by atoms with Crippen molar-refractivity contribution in [2.24, 2.45) is 0 Å². The van der Waals surface area contributed by atoms with Crippen molar-refractivity contribution in [2.75, 3.05) is 0 Å². The van der Waals surface area contributed by atoms with Gasteiger partial charge in [0.15, 0.2) is 0 Å². The summed E-state index contributed by atoms with van der Waals surface area (Å²) in [6.45, 7) is 5.71. The summed E-state index contributed by atoms with van der Waals surface area (Å²) in [6.07, 6.45) is 2.46. The summed E-state index contributed by atoms with van der Waals surface area (Å²) < 4.78 is 40.3. The van der Waals surface area contributed by atoms with Crippen LogP contribution in [0, 0.1) is 13.8 Å². The van der Waals surface area contributed by atoms with Crippen molar-refractivity contribution in [3.8, 4) is 5.75 Å². The molecule has 1 aromatic heterocycles. The summed E-state index contributed by atoms with van der Waals surface area (Å²) in [4.78, 5) is 25.8. The maximum Gasteiger partial charge on any atom is 0.336 e. The van der Waals surface area contributed by atoms with Crippen LogP contribution in [0.3, 0.4) is 0 Å². The highest BCUT2D eigenvalue weighted by Crippen LogP contribution is 2.31. The topological polar surface area (TPSA) is 103 Å². The molecule has 38 heavy (non-hydrogen) atoms. The molecule has 0 bridgehead atoms. The number of nitrogens with one attached hydrogen (secondary N) is 1. The zero-order chi connectivity index (χ0) is 27.3. The van der Waals surface area contributed by atoms with Gasteiger partial charge in [-0.3, -0.25) is 0 Å². The summed E-state index contributed by atoms with van der Waals surface area (Å²) in [6, 6.07) is 19.2. The fraction of sp³-hybridized carbons (Fsp3) is 0.267. The van der Waals surface area contributed by atoms with Crippen LogP contribution in [-0.4, -0.2) is 20.4 Å². The number of ether oxygens (including phenoxy) is 1. The average molecular weight is 534 g/mol. The van der Waals surface area contributed by atoms with E-state index in [-0.39, 0.29) is 17.1 Å². The summed E-state index contributed by atoms with van der Waals surface area (Å²) in [7, 11) is -4.02. The van der Waals surface area contributed by atoms with E-state index in [1.54, 1.807) is 31.2 Å². The highest BCUT2D eigenvalue weighted by molar-refractivity contribution is 7.89. The summed E-state index contributed by atoms with van der Waals surface area (Å²) in [5.74, 6) is -0.531. The van der Waals surface area contributed by atoms with Crippen molar-refractivity contribution in [3.05, 3.63) is 105 Å². The second-order valence-electron chi connectivity index (χ2n) is 9.43. The first-order chi connectivity index (χ1) is 18.2. The summed E-state index contributed by atoms with van der Waals surface area (Å²) in [5, 5.41) is 0.539. The molecule has 0 fully saturated rings. The molecule has 0 spiro atoms. The fourth-order valence-corrected chi connectivity index (χ4v) is 5.47. The normalized spacial score (nSPS) is 12.4. The van der Waals surface area contributed by atoms with Gasteiger partial charge in [0.25, 0.3) is 0 Å². The Hall–Kier alpha value is -3.75. The van der Waals surface area contributed by atoms with E-state index in [0.717, 1.165) is 35.1 Å². The second-order valence-corrected chi connectivity index (χ2v) is 11.1. The molecule has 0 saturated carbocycles. The van der Waals surface area contributed by atoms with E-state index in [1.165, 1.54) is 18.2 Å². The first kappa shape index (κ1) is 27.3. The van der Waals surface area contributed by atoms with E-state index in [1.807, 2.05) is 44.2 Å². The van der Waals surface area contributed by atoms with E-state index in [4.69, 9.17) is 9.15 Å². The van der Waals surface area contributed by atoms with Gasteiger partial charge in [0.2, 0.25) is 10.0 Å². The molecule has 198 valence electrons. The van der Waals surface area contributed by atoms with E-state index in [2.05, 4.69) is 4.72 Å². The number of hydrogen-bond donors (Lipinski definition) is 1. The minimum atomic E-state index is -4.02. The van der Waals surface area contributed by atoms with Crippen molar-refractivity contribution in [1.82, 2.24) is 4.72 Å². The molecule has 0 aliphatic carbocycles. The molecule has 7 nitrogen and oxygen atoms in total. The Bertz CT molecular complexity index is 1590. The predicted molar refractivity (Wildman–Crippen MR) is 147 cm³/mol. The molecule has 0 unspecified atom stereocenters. The summed E-state index contributed by atoms with van der Waals surface area (Å²) in [5.41, 5.74) is 2.99. The van der Waals surface area contributed by atoms with Gasteiger partial charge >= 0.3 is 11.6 Å². The molecule has 0 radical (unpaired) electrons. The number of aryl methyl sites for hydroxylation is 3. The molecule has 0 saturated heterocycles. The van der Waals surface area contributed by atoms with Crippen molar-refractivity contribution in [3.63, 3.8) is 0 Å². The van der Waals surface area contributed by atoms with Crippen LogP contribution in [0.1, 0.15) is 42.0 Å². The number of benzene rings is 3. The van der Waals surface area contributed by atoms with Crippen LogP contribution in [0.4, 0.5) is 0 Å². The van der Waals surface area contributed by atoms with Gasteiger partial charge in [-0.2, -0.15) is 4.72 Å². The molecule has 0 aliphatic heterocycles. The quantitative estimate of drug-likeness (QED) is 0.170. The first-order valence-electron chi connectivity index (χ1n) is 12.6. The van der Waals surface area contributed by atoms with E-state index in [9.17, 15) is 18.0 Å². The number of carbonyl (C=O) groups excluding carboxylic acids is 1. The lowest BCUT2D eigenvalue weighted by Gasteiger charge is -2.19. The van der Waals surface area contributed by atoms with Gasteiger partial charge in [0.1, 0.15) is 17.4 Å². The molecular weight excluding hydrogens is 502 g/mol. The first-order valence-corrected chi connectivity index (χ1v) is 14.1. The van der Waals surface area contributed by atoms with E-state index < -0.39 is 27.7 Å². The van der Waals surface area contributed by atoms with Crippen molar-refractivity contribution >= 4 is 27.0 Å². The van der Waals surface area contributed by atoms with Crippen molar-refractivity contribution < 1.29 is 22.4 Å². The lowest BCUT2D eigenvalue weighted by Crippen LogP contribution is -2.44. The lowest BCUT2D eigenvalue weighted by molar-refractivity contribution is -0.136. The Morgan fingerprint density at radius 2 is 1.68 bits per heavy atom. The maximum atomic E-state index is 13.6. The van der Waals surface area contributed by atoms with Crippen LogP contribution >= 0.6 is 0 Å². The van der Waals surface area contributed by atoms with Crippen molar-refractivity contribution in [2.45, 2.75) is 57.4 Å². The number of sulfonamides is 1. The van der Waals surface area contributed by atoms with Crippen LogP contribution in [0.25, 0.3) is 11.0 Å². The number of esters is 1. The van der Waals surface area contributed by atoms with E-state index >= 15 is 0 Å². The molecule has 1 N–H and O–H groups in total. The fourth-order valence-electron chi connectivity index (χ4n) is 4.29. The van der Waals surface area contributed by atoms with Crippen molar-refractivity contribution in [1.29, 1.82) is 0 Å². The Kier molecular flexibility index (Phi) is 8.44. The zero-order valence-electron chi connectivity index (χ0n) is 21.7. The highest BCUT2D eigenvalue weighted by atomic mass is 32.2. The molecule has 4 aromatic rings. The molecule has 0 amide bonds. The molecule has 4 rings (SSSR count). The smallest absolute Gasteiger partial charge is 0.336 e. The molecule has 0 aliphatic rings. The second kappa shape index (κ2) is 11.8. The Labute approximate surface area is 222 Å². The highest BCUT2D eigenvalue weighted by Gasteiger charge is 2.29. The number of unbranched alkanes of at least 4 members (excludes halogenated alkanes) is 1. The summed E-state index contributed by atoms with van der Waals surface area (Å²) >= 11 is 0. The Balaban J connectivity index is 1.72. The third-order valence-corrected chi connectivity index (χ3v) is 7.73. The third kappa shape index (κ3) is 6.57. The Morgan fingerprint density at radius 1 is 0.974 bits per heavy atom. The lowest BCUT2D eigenvalue weighted by atomic mass is 10.0. The predicted octanol–water partition coefficient (Wildman–Crippen LogP) is 5.25. The van der Waals surface area contributed by atoms with Gasteiger partial charge in [-0.25, -0.2) is 18.0 Å². The number of carbonyl (C=O) groups is 1. The number of rotatable bonds is 10. The maximum absolute atomic E-state index is 13.6. The van der Waals surface area contributed by atoms with Gasteiger partial charge < -0.3 is 9.15 Å². The monoisotopic (exact) mass is 533 g/mol. The van der Waals surface area contributed by atoms with Crippen LogP contribution in [-0.2, 0) is 27.7 Å². The Morgan fingerprint density at radius 3 is 2.37 bits per heavy atom. The zero-order valence-corrected chi connectivity index (χ0v) is 22.5. The minimum absolute atomic E-state index is 0.0543. The molecule has 8 heteroatoms. The minimum Gasteiger partial charge on any atom is -0.425 e. The van der Waals surface area contributed by atoms with E-state index in [0.29, 0.717) is 17.4 Å². The van der Waals surface area contributed by atoms with Gasteiger partial charge in [-0.15, -0.1) is 0 Å². The van der Waals surface area contributed by atoms with Gasteiger partial charge in [-0.05, 0) is 74.1 Å². The van der Waals surface area contributed by atoms with Crippen LogP contribution in [0.5, 0.6) is 5.75 Å². The standard InChI is InChI=1S/C30H31NO6S/c1-4-5-11-23-19-28(32)36-26-16-21(3)17-27(29(23)26)37-30(33)25(18-22-9-7-6-8-10-22)31-38(34,35)24-14-12-20(2)13-15-24/h6-10,12-17,19,25,31H,4-5,11,18H2,1-3H3/t25-/m1/s1. The average Bonchev–Trinajstić information content (AvgIpc) is 2.87. The van der Waals surface area contributed by atoms with Crippen LogP contribution < -0.4 is 15.1 Å². The van der Waals surface area contributed by atoms with Gasteiger partial charge in [0, 0.05) is 6.07 Å².